The van der Waals surface area contributed by atoms with Gasteiger partial charge in [0, 0.05) is 30.2 Å². The van der Waals surface area contributed by atoms with Gasteiger partial charge in [0.2, 0.25) is 0 Å². The Hall–Kier alpha value is -3.02. The van der Waals surface area contributed by atoms with E-state index in [2.05, 4.69) is 27.1 Å². The molecule has 3 heterocycles. The maximum absolute atomic E-state index is 11.1. The lowest BCUT2D eigenvalue weighted by atomic mass is 9.89. The van der Waals surface area contributed by atoms with Crippen molar-refractivity contribution in [3.63, 3.8) is 0 Å². The second kappa shape index (κ2) is 6.71. The normalized spacial score (nSPS) is 15.3. The van der Waals surface area contributed by atoms with Crippen LogP contribution in [0.3, 0.4) is 0 Å². The number of fused-ring (bicyclic) bond motifs is 1. The molecule has 134 valence electrons. The van der Waals surface area contributed by atoms with Crippen molar-refractivity contribution >= 4 is 22.7 Å². The summed E-state index contributed by atoms with van der Waals surface area (Å²) >= 11 is 0. The Balaban J connectivity index is 1.52. The number of pyridine rings is 1. The molecule has 3 aromatic rings. The molecule has 4 rings (SSSR count). The van der Waals surface area contributed by atoms with Gasteiger partial charge in [0.1, 0.15) is 11.6 Å². The molecule has 6 nitrogen and oxygen atoms in total. The number of ether oxygens (including phenoxy) is 1. The van der Waals surface area contributed by atoms with Crippen molar-refractivity contribution < 1.29 is 14.6 Å². The van der Waals surface area contributed by atoms with Crippen LogP contribution in [-0.4, -0.2) is 41.2 Å². The highest BCUT2D eigenvalue weighted by Crippen LogP contribution is 2.35. The maximum Gasteiger partial charge on any atom is 0.354 e. The van der Waals surface area contributed by atoms with Crippen LogP contribution >= 0.6 is 0 Å². The summed E-state index contributed by atoms with van der Waals surface area (Å²) in [7, 11) is 1.68. The van der Waals surface area contributed by atoms with E-state index in [1.54, 1.807) is 13.2 Å². The van der Waals surface area contributed by atoms with Gasteiger partial charge in [-0.05, 0) is 54.7 Å². The summed E-state index contributed by atoms with van der Waals surface area (Å²) in [6, 6.07) is 11.3. The summed E-state index contributed by atoms with van der Waals surface area (Å²) in [6.45, 7) is 1.72. The Morgan fingerprint density at radius 1 is 1.27 bits per heavy atom. The Labute approximate surface area is 151 Å². The SMILES string of the molecule is COc1ccc2[nH]cc(C3CCN(c4cccc(C(=O)O)n4)CC3)c2c1. The number of hydrogen-bond acceptors (Lipinski definition) is 4. The van der Waals surface area contributed by atoms with Crippen LogP contribution in [0.4, 0.5) is 5.82 Å². The molecule has 0 aliphatic carbocycles. The first-order chi connectivity index (χ1) is 12.7. The average Bonchev–Trinajstić information content (AvgIpc) is 3.11. The first-order valence-corrected chi connectivity index (χ1v) is 8.76. The van der Waals surface area contributed by atoms with E-state index in [4.69, 9.17) is 9.84 Å². The minimum atomic E-state index is -0.991. The minimum Gasteiger partial charge on any atom is -0.497 e. The Morgan fingerprint density at radius 3 is 2.81 bits per heavy atom. The van der Waals surface area contributed by atoms with E-state index in [-0.39, 0.29) is 5.69 Å². The standard InChI is InChI=1S/C20H21N3O3/c1-26-14-5-6-17-15(11-14)16(12-21-17)13-7-9-23(10-8-13)19-4-2-3-18(22-19)20(24)25/h2-6,11-13,21H,7-10H2,1H3,(H,24,25). The van der Waals surface area contributed by atoms with Crippen LogP contribution in [0.15, 0.2) is 42.6 Å². The molecule has 1 aromatic carbocycles. The van der Waals surface area contributed by atoms with E-state index in [1.807, 2.05) is 18.2 Å². The number of methoxy groups -OCH3 is 1. The largest absolute Gasteiger partial charge is 0.497 e. The lowest BCUT2D eigenvalue weighted by Crippen LogP contribution is -2.33. The van der Waals surface area contributed by atoms with Crippen molar-refractivity contribution in [2.24, 2.45) is 0 Å². The molecule has 6 heteroatoms. The second-order valence-electron chi connectivity index (χ2n) is 6.60. The zero-order chi connectivity index (χ0) is 18.1. The molecular weight excluding hydrogens is 330 g/mol. The molecule has 1 saturated heterocycles. The first-order valence-electron chi connectivity index (χ1n) is 8.76. The van der Waals surface area contributed by atoms with Crippen LogP contribution in [-0.2, 0) is 0 Å². The highest BCUT2D eigenvalue weighted by Gasteiger charge is 2.24. The molecule has 1 aliphatic heterocycles. The number of anilines is 1. The third-order valence-corrected chi connectivity index (χ3v) is 5.13. The number of carboxylic acid groups (broad SMARTS) is 1. The van der Waals surface area contributed by atoms with Crippen LogP contribution in [0, 0.1) is 0 Å². The number of piperidine rings is 1. The summed E-state index contributed by atoms with van der Waals surface area (Å²) in [4.78, 5) is 20.9. The number of rotatable bonds is 4. The van der Waals surface area contributed by atoms with Gasteiger partial charge in [-0.1, -0.05) is 6.07 Å². The lowest BCUT2D eigenvalue weighted by Gasteiger charge is -2.33. The smallest absolute Gasteiger partial charge is 0.354 e. The zero-order valence-corrected chi connectivity index (χ0v) is 14.6. The number of H-pyrrole nitrogens is 1. The highest BCUT2D eigenvalue weighted by molar-refractivity contribution is 5.86. The van der Waals surface area contributed by atoms with Gasteiger partial charge in [-0.2, -0.15) is 0 Å². The molecule has 1 aliphatic rings. The topological polar surface area (TPSA) is 78.5 Å². The fourth-order valence-electron chi connectivity index (χ4n) is 3.72. The quantitative estimate of drug-likeness (QED) is 0.750. The number of benzene rings is 1. The zero-order valence-electron chi connectivity index (χ0n) is 14.6. The van der Waals surface area contributed by atoms with Crippen LogP contribution in [0.25, 0.3) is 10.9 Å². The summed E-state index contributed by atoms with van der Waals surface area (Å²) in [6.07, 6.45) is 4.11. The number of carboxylic acids is 1. The van der Waals surface area contributed by atoms with Gasteiger partial charge in [-0.25, -0.2) is 9.78 Å². The molecule has 0 spiro atoms. The van der Waals surface area contributed by atoms with E-state index in [9.17, 15) is 4.79 Å². The molecule has 0 atom stereocenters. The average molecular weight is 351 g/mol. The van der Waals surface area contributed by atoms with E-state index in [1.165, 1.54) is 17.0 Å². The van der Waals surface area contributed by atoms with Gasteiger partial charge in [-0.3, -0.25) is 0 Å². The van der Waals surface area contributed by atoms with Gasteiger partial charge in [0.15, 0.2) is 5.69 Å². The van der Waals surface area contributed by atoms with Crippen molar-refractivity contribution in [2.45, 2.75) is 18.8 Å². The number of nitrogens with one attached hydrogen (secondary N) is 1. The Bertz CT molecular complexity index is 942. The molecule has 26 heavy (non-hydrogen) atoms. The minimum absolute atomic E-state index is 0.0911. The van der Waals surface area contributed by atoms with Crippen molar-refractivity contribution in [3.8, 4) is 5.75 Å². The van der Waals surface area contributed by atoms with Crippen LogP contribution in [0.1, 0.15) is 34.8 Å². The van der Waals surface area contributed by atoms with E-state index >= 15 is 0 Å². The molecule has 0 saturated carbocycles. The number of aromatic amines is 1. The molecule has 0 unspecified atom stereocenters. The predicted octanol–water partition coefficient (Wildman–Crippen LogP) is 3.65. The predicted molar refractivity (Wildman–Crippen MR) is 100 cm³/mol. The van der Waals surface area contributed by atoms with Crippen molar-refractivity contribution in [1.82, 2.24) is 9.97 Å². The van der Waals surface area contributed by atoms with Crippen molar-refractivity contribution in [2.75, 3.05) is 25.1 Å². The molecule has 0 amide bonds. The molecule has 0 radical (unpaired) electrons. The van der Waals surface area contributed by atoms with Gasteiger partial charge in [0.25, 0.3) is 0 Å². The first kappa shape index (κ1) is 16.4. The fourth-order valence-corrected chi connectivity index (χ4v) is 3.72. The molecule has 2 N–H and O–H groups in total. The van der Waals surface area contributed by atoms with Gasteiger partial charge in [0.05, 0.1) is 7.11 Å². The number of aromatic carboxylic acids is 1. The highest BCUT2D eigenvalue weighted by atomic mass is 16.5. The van der Waals surface area contributed by atoms with E-state index in [0.29, 0.717) is 5.92 Å². The maximum atomic E-state index is 11.1. The Morgan fingerprint density at radius 2 is 2.08 bits per heavy atom. The number of aromatic nitrogens is 2. The number of hydrogen-bond donors (Lipinski definition) is 2. The second-order valence-corrected chi connectivity index (χ2v) is 6.60. The number of nitrogens with zero attached hydrogens (tertiary/aromatic N) is 2. The van der Waals surface area contributed by atoms with E-state index in [0.717, 1.165) is 43.0 Å². The van der Waals surface area contributed by atoms with Gasteiger partial charge in [-0.15, -0.1) is 0 Å². The third-order valence-electron chi connectivity index (χ3n) is 5.13. The van der Waals surface area contributed by atoms with Crippen LogP contribution < -0.4 is 9.64 Å². The molecular formula is C20H21N3O3. The van der Waals surface area contributed by atoms with Crippen LogP contribution in [0.5, 0.6) is 5.75 Å². The van der Waals surface area contributed by atoms with Gasteiger partial charge >= 0.3 is 5.97 Å². The molecule has 1 fully saturated rings. The Kier molecular flexibility index (Phi) is 4.24. The van der Waals surface area contributed by atoms with Crippen molar-refractivity contribution in [3.05, 3.63) is 53.9 Å². The molecule has 2 aromatic heterocycles. The summed E-state index contributed by atoms with van der Waals surface area (Å²) in [5.41, 5.74) is 2.54. The molecule has 0 bridgehead atoms. The van der Waals surface area contributed by atoms with Crippen molar-refractivity contribution in [1.29, 1.82) is 0 Å². The lowest BCUT2D eigenvalue weighted by molar-refractivity contribution is 0.0690. The monoisotopic (exact) mass is 351 g/mol. The number of carbonyl (C=O) groups is 1. The van der Waals surface area contributed by atoms with Gasteiger partial charge < -0.3 is 19.7 Å². The third kappa shape index (κ3) is 2.98. The summed E-state index contributed by atoms with van der Waals surface area (Å²) in [5.74, 6) is 1.08. The van der Waals surface area contributed by atoms with E-state index < -0.39 is 5.97 Å². The van der Waals surface area contributed by atoms with Crippen LogP contribution in [0.2, 0.25) is 0 Å². The fraction of sp³-hybridized carbons (Fsp3) is 0.300. The summed E-state index contributed by atoms with van der Waals surface area (Å²) < 4.78 is 5.36. The summed E-state index contributed by atoms with van der Waals surface area (Å²) in [5, 5.41) is 10.3.